The van der Waals surface area contributed by atoms with Gasteiger partial charge in [0.1, 0.15) is 5.69 Å². The van der Waals surface area contributed by atoms with Crippen LogP contribution in [-0.2, 0) is 0 Å². The molecule has 1 heterocycles. The Morgan fingerprint density at radius 1 is 1.38 bits per heavy atom. The molecule has 0 N–H and O–H groups in total. The molecule has 0 bridgehead atoms. The molecule has 0 fully saturated rings. The van der Waals surface area contributed by atoms with Gasteiger partial charge in [0.25, 0.3) is 12.4 Å². The maximum absolute atomic E-state index is 12.6. The first-order chi connectivity index (χ1) is 6.06. The van der Waals surface area contributed by atoms with Crippen molar-refractivity contribution in [1.29, 1.82) is 0 Å². The van der Waals surface area contributed by atoms with Crippen molar-refractivity contribution in [2.24, 2.45) is 0 Å². The summed E-state index contributed by atoms with van der Waals surface area (Å²) < 4.78 is 53.4. The minimum Gasteiger partial charge on any atom is -0.493 e. The molecule has 0 spiro atoms. The van der Waals surface area contributed by atoms with Crippen molar-refractivity contribution in [3.63, 3.8) is 0 Å². The highest BCUT2D eigenvalue weighted by Gasteiger charge is 2.17. The van der Waals surface area contributed by atoms with Crippen LogP contribution in [0.15, 0.2) is 6.07 Å². The van der Waals surface area contributed by atoms with Crippen molar-refractivity contribution in [1.82, 2.24) is 4.98 Å². The van der Waals surface area contributed by atoms with Crippen LogP contribution in [0.3, 0.4) is 0 Å². The molecule has 1 aromatic rings. The molecule has 6 heteroatoms. The zero-order chi connectivity index (χ0) is 10.0. The maximum atomic E-state index is 12.6. The van der Waals surface area contributed by atoms with E-state index in [-0.39, 0.29) is 0 Å². The van der Waals surface area contributed by atoms with Gasteiger partial charge in [-0.2, -0.15) is 8.78 Å². The first-order valence-electron chi connectivity index (χ1n) is 3.24. The Morgan fingerprint density at radius 3 is 2.46 bits per heavy atom. The summed E-state index contributed by atoms with van der Waals surface area (Å²) in [6.07, 6.45) is -2.95. The number of rotatable bonds is 2. The van der Waals surface area contributed by atoms with Crippen LogP contribution in [0.25, 0.3) is 0 Å². The van der Waals surface area contributed by atoms with Crippen LogP contribution in [-0.4, -0.2) is 12.1 Å². The summed E-state index contributed by atoms with van der Waals surface area (Å²) in [4.78, 5) is 2.71. The van der Waals surface area contributed by atoms with E-state index < -0.39 is 29.6 Å². The topological polar surface area (TPSA) is 22.1 Å². The van der Waals surface area contributed by atoms with Gasteiger partial charge in [-0.3, -0.25) is 0 Å². The highest BCUT2D eigenvalue weighted by Crippen LogP contribution is 2.24. The molecule has 0 atom stereocenters. The normalized spacial score (nSPS) is 10.6. The zero-order valence-electron chi connectivity index (χ0n) is 6.52. The molecule has 1 rings (SSSR count). The van der Waals surface area contributed by atoms with E-state index in [1.807, 2.05) is 0 Å². The highest BCUT2D eigenvalue weighted by atomic mass is 19.3. The summed E-state index contributed by atoms with van der Waals surface area (Å²) in [5.74, 6) is -3.54. The standard InChI is InChI=1S/C7H5F4NO/c1-13-4-2-3(6(9)10)12-7(11)5(4)8/h2,6H,1H3. The molecular weight excluding hydrogens is 190 g/mol. The Morgan fingerprint density at radius 2 is 2.00 bits per heavy atom. The molecule has 2 nitrogen and oxygen atoms in total. The second kappa shape index (κ2) is 3.59. The van der Waals surface area contributed by atoms with Crippen molar-refractivity contribution in [3.05, 3.63) is 23.5 Å². The number of nitrogens with zero attached hydrogens (tertiary/aromatic N) is 1. The van der Waals surface area contributed by atoms with Gasteiger partial charge in [0.15, 0.2) is 5.75 Å². The number of halogens is 4. The molecule has 0 saturated heterocycles. The third-order valence-electron chi connectivity index (χ3n) is 1.35. The molecule has 0 aliphatic rings. The van der Waals surface area contributed by atoms with Crippen molar-refractivity contribution >= 4 is 0 Å². The van der Waals surface area contributed by atoms with E-state index in [4.69, 9.17) is 0 Å². The smallest absolute Gasteiger partial charge is 0.280 e. The van der Waals surface area contributed by atoms with Gasteiger partial charge in [-0.05, 0) is 0 Å². The van der Waals surface area contributed by atoms with Crippen LogP contribution in [0, 0.1) is 11.8 Å². The number of methoxy groups -OCH3 is 1. The molecule has 0 aliphatic carbocycles. The maximum Gasteiger partial charge on any atom is 0.280 e. The van der Waals surface area contributed by atoms with Gasteiger partial charge in [-0.15, -0.1) is 0 Å². The highest BCUT2D eigenvalue weighted by molar-refractivity contribution is 5.25. The third kappa shape index (κ3) is 1.88. The number of pyridine rings is 1. The first-order valence-corrected chi connectivity index (χ1v) is 3.24. The molecule has 1 aromatic heterocycles. The van der Waals surface area contributed by atoms with Crippen LogP contribution in [0.4, 0.5) is 17.6 Å². The molecule has 0 amide bonds. The van der Waals surface area contributed by atoms with E-state index in [9.17, 15) is 17.6 Å². The molecule has 13 heavy (non-hydrogen) atoms. The fraction of sp³-hybridized carbons (Fsp3) is 0.286. The summed E-state index contributed by atoms with van der Waals surface area (Å²) in [7, 11) is 1.05. The fourth-order valence-electron chi connectivity index (χ4n) is 0.754. The van der Waals surface area contributed by atoms with Gasteiger partial charge in [-0.1, -0.05) is 0 Å². The van der Waals surface area contributed by atoms with E-state index in [0.29, 0.717) is 6.07 Å². The quantitative estimate of drug-likeness (QED) is 0.533. The molecule has 0 aromatic carbocycles. The number of ether oxygens (including phenoxy) is 1. The summed E-state index contributed by atoms with van der Waals surface area (Å²) in [6, 6.07) is 0.656. The van der Waals surface area contributed by atoms with Crippen LogP contribution < -0.4 is 4.74 Å². The Bertz CT molecular complexity index is 316. The van der Waals surface area contributed by atoms with E-state index in [2.05, 4.69) is 9.72 Å². The van der Waals surface area contributed by atoms with E-state index in [0.717, 1.165) is 7.11 Å². The van der Waals surface area contributed by atoms with Gasteiger partial charge in [-0.25, -0.2) is 13.8 Å². The molecule has 0 radical (unpaired) electrons. The lowest BCUT2D eigenvalue weighted by Crippen LogP contribution is -2.00. The van der Waals surface area contributed by atoms with Crippen LogP contribution >= 0.6 is 0 Å². The molecular formula is C7H5F4NO. The van der Waals surface area contributed by atoms with E-state index in [1.54, 1.807) is 0 Å². The summed E-state index contributed by atoms with van der Waals surface area (Å²) in [5.41, 5.74) is -0.851. The lowest BCUT2D eigenvalue weighted by Gasteiger charge is -2.04. The first kappa shape index (κ1) is 9.76. The molecule has 0 aliphatic heterocycles. The SMILES string of the molecule is COc1cc(C(F)F)nc(F)c1F. The van der Waals surface area contributed by atoms with Crippen LogP contribution in [0.2, 0.25) is 0 Å². The van der Waals surface area contributed by atoms with Crippen molar-refractivity contribution in [2.75, 3.05) is 7.11 Å². The molecule has 0 saturated carbocycles. The Labute approximate surface area is 71.2 Å². The third-order valence-corrected chi connectivity index (χ3v) is 1.35. The largest absolute Gasteiger partial charge is 0.493 e. The summed E-state index contributed by atoms with van der Waals surface area (Å²) in [6.45, 7) is 0. The number of alkyl halides is 2. The molecule has 72 valence electrons. The van der Waals surface area contributed by atoms with Crippen molar-refractivity contribution in [3.8, 4) is 5.75 Å². The Kier molecular flexibility index (Phi) is 2.69. The minimum absolute atomic E-state index is 0.581. The number of hydrogen-bond acceptors (Lipinski definition) is 2. The summed E-state index contributed by atoms with van der Waals surface area (Å²) in [5, 5.41) is 0. The lowest BCUT2D eigenvalue weighted by atomic mass is 10.3. The van der Waals surface area contributed by atoms with Gasteiger partial charge in [0.05, 0.1) is 7.11 Å². The second-order valence-electron chi connectivity index (χ2n) is 2.15. The van der Waals surface area contributed by atoms with Gasteiger partial charge in [0, 0.05) is 6.07 Å². The predicted molar refractivity (Wildman–Crippen MR) is 35.7 cm³/mol. The van der Waals surface area contributed by atoms with Gasteiger partial charge >= 0.3 is 0 Å². The zero-order valence-corrected chi connectivity index (χ0v) is 6.52. The van der Waals surface area contributed by atoms with Crippen LogP contribution in [0.1, 0.15) is 12.1 Å². The second-order valence-corrected chi connectivity index (χ2v) is 2.15. The van der Waals surface area contributed by atoms with E-state index >= 15 is 0 Å². The number of hydrogen-bond donors (Lipinski definition) is 0. The Balaban J connectivity index is 3.22. The minimum atomic E-state index is -2.95. The monoisotopic (exact) mass is 195 g/mol. The fourth-order valence-corrected chi connectivity index (χ4v) is 0.754. The lowest BCUT2D eigenvalue weighted by molar-refractivity contribution is 0.143. The Hall–Kier alpha value is -1.33. The van der Waals surface area contributed by atoms with Crippen molar-refractivity contribution in [2.45, 2.75) is 6.43 Å². The average molecular weight is 195 g/mol. The predicted octanol–water partition coefficient (Wildman–Crippen LogP) is 2.31. The average Bonchev–Trinajstić information content (AvgIpc) is 2.09. The summed E-state index contributed by atoms with van der Waals surface area (Å²) >= 11 is 0. The van der Waals surface area contributed by atoms with Gasteiger partial charge < -0.3 is 4.74 Å². The van der Waals surface area contributed by atoms with Crippen molar-refractivity contribution < 1.29 is 22.3 Å². The van der Waals surface area contributed by atoms with Crippen LogP contribution in [0.5, 0.6) is 5.75 Å². The number of aromatic nitrogens is 1. The molecule has 0 unspecified atom stereocenters. The van der Waals surface area contributed by atoms with E-state index in [1.165, 1.54) is 0 Å². The van der Waals surface area contributed by atoms with Gasteiger partial charge in [0.2, 0.25) is 5.82 Å².